The van der Waals surface area contributed by atoms with Gasteiger partial charge in [-0.1, -0.05) is 317 Å². The van der Waals surface area contributed by atoms with Crippen LogP contribution in [0.5, 0.6) is 0 Å². The van der Waals surface area contributed by atoms with E-state index in [1.165, 1.54) is 186 Å². The third kappa shape index (κ3) is 65.1. The monoisotopic (exact) mass is 1110 g/mol. The Hall–Kier alpha value is -3.67. The lowest BCUT2D eigenvalue weighted by Crippen LogP contribution is -2.30. The minimum atomic E-state index is -0.781. The summed E-state index contributed by atoms with van der Waals surface area (Å²) >= 11 is 0. The molecule has 0 heterocycles. The van der Waals surface area contributed by atoms with Crippen LogP contribution in [0.2, 0.25) is 0 Å². The number of carbonyl (C=O) groups excluding carboxylic acids is 3. The molecule has 0 fully saturated rings. The summed E-state index contributed by atoms with van der Waals surface area (Å²) in [5, 5.41) is 0. The van der Waals surface area contributed by atoms with Gasteiger partial charge in [0.25, 0.3) is 0 Å². The molecule has 6 heteroatoms. The van der Waals surface area contributed by atoms with Crippen LogP contribution < -0.4 is 0 Å². The highest BCUT2D eigenvalue weighted by atomic mass is 16.6. The van der Waals surface area contributed by atoms with Crippen molar-refractivity contribution in [2.45, 2.75) is 341 Å². The third-order valence-corrected chi connectivity index (χ3v) is 14.8. The molecule has 0 N–H and O–H groups in total. The Bertz CT molecular complexity index is 1560. The maximum atomic E-state index is 13.0. The Kier molecular flexibility index (Phi) is 64.7. The molecule has 0 saturated heterocycles. The van der Waals surface area contributed by atoms with Crippen molar-refractivity contribution in [3.8, 4) is 0 Å². The molecule has 0 bridgehead atoms. The first-order valence-corrected chi connectivity index (χ1v) is 34.2. The summed E-state index contributed by atoms with van der Waals surface area (Å²) in [6, 6.07) is 0. The zero-order valence-electron chi connectivity index (χ0n) is 52.8. The summed E-state index contributed by atoms with van der Waals surface area (Å²) in [6.07, 6.45) is 91.3. The molecule has 0 aliphatic heterocycles. The molecule has 0 aliphatic carbocycles. The summed E-state index contributed by atoms with van der Waals surface area (Å²) in [7, 11) is 0. The van der Waals surface area contributed by atoms with Gasteiger partial charge in [-0.15, -0.1) is 0 Å². The second-order valence-electron chi connectivity index (χ2n) is 22.7. The number of rotatable bonds is 62. The van der Waals surface area contributed by atoms with Gasteiger partial charge in [-0.3, -0.25) is 14.4 Å². The van der Waals surface area contributed by atoms with E-state index in [4.69, 9.17) is 14.2 Å². The fourth-order valence-electron chi connectivity index (χ4n) is 9.78. The summed E-state index contributed by atoms with van der Waals surface area (Å²) < 4.78 is 17.0. The Morgan fingerprint density at radius 3 is 0.762 bits per heavy atom. The molecule has 1 atom stereocenters. The normalized spacial score (nSPS) is 12.7. The molecular weight excluding hydrogens is 985 g/mol. The van der Waals surface area contributed by atoms with Crippen molar-refractivity contribution in [2.75, 3.05) is 13.2 Å². The van der Waals surface area contributed by atoms with Gasteiger partial charge in [-0.05, 0) is 96.3 Å². The standard InChI is InChI=1S/C74H128O6/c1-4-7-10-13-16-19-22-25-28-30-32-34-36-37-39-40-42-44-46-49-52-55-58-61-64-67-73(76)79-70-71(69-78-72(75)66-63-60-57-54-51-48-27-24-21-18-15-12-9-6-3)80-74(77)68-65-62-59-56-53-50-47-45-43-41-38-35-33-31-29-26-23-20-17-14-11-8-5-2/h7-8,10-11,16-17,19-20,25-26,28-29,32-35,71H,4-6,9,12-15,18,21-24,27,30-31,36-70H2,1-3H3/b10-7-,11-8-,19-16-,20-17-,28-25-,29-26-,34-32-,35-33-. The highest BCUT2D eigenvalue weighted by molar-refractivity contribution is 5.71. The smallest absolute Gasteiger partial charge is 0.306 e. The van der Waals surface area contributed by atoms with Crippen LogP contribution in [0.1, 0.15) is 335 Å². The molecule has 0 amide bonds. The predicted molar refractivity (Wildman–Crippen MR) is 348 cm³/mol. The van der Waals surface area contributed by atoms with E-state index in [2.05, 4.69) is 118 Å². The molecule has 80 heavy (non-hydrogen) atoms. The summed E-state index contributed by atoms with van der Waals surface area (Å²) in [6.45, 7) is 6.45. The van der Waals surface area contributed by atoms with Gasteiger partial charge in [0.1, 0.15) is 13.2 Å². The lowest BCUT2D eigenvalue weighted by molar-refractivity contribution is -0.167. The minimum absolute atomic E-state index is 0.0758. The quantitative estimate of drug-likeness (QED) is 0.0261. The largest absolute Gasteiger partial charge is 0.462 e. The Morgan fingerprint density at radius 2 is 0.487 bits per heavy atom. The second-order valence-corrected chi connectivity index (χ2v) is 22.7. The van der Waals surface area contributed by atoms with E-state index >= 15 is 0 Å². The molecule has 0 saturated carbocycles. The number of hydrogen-bond acceptors (Lipinski definition) is 6. The molecule has 0 spiro atoms. The molecule has 460 valence electrons. The number of unbranched alkanes of at least 4 members (excludes halogenated alkanes) is 35. The average molecular weight is 1110 g/mol. The third-order valence-electron chi connectivity index (χ3n) is 14.8. The SMILES string of the molecule is CC/C=C\C/C=C\C/C=C\C/C=C\CCCCCCCCCCCCCCC(=O)OCC(COC(=O)CCCCCCCCCCCCCCCC)OC(=O)CCCCCCCCCCCC/C=C\C/C=C\C/C=C\C/C=C\CC. The fourth-order valence-corrected chi connectivity index (χ4v) is 9.78. The van der Waals surface area contributed by atoms with E-state index in [0.29, 0.717) is 19.3 Å². The van der Waals surface area contributed by atoms with Crippen molar-refractivity contribution < 1.29 is 28.6 Å². The predicted octanol–water partition coefficient (Wildman–Crippen LogP) is 23.6. The van der Waals surface area contributed by atoms with Gasteiger partial charge >= 0.3 is 17.9 Å². The molecule has 1 unspecified atom stereocenters. The van der Waals surface area contributed by atoms with Crippen LogP contribution in [-0.4, -0.2) is 37.2 Å². The Morgan fingerprint density at radius 1 is 0.263 bits per heavy atom. The maximum absolute atomic E-state index is 13.0. The molecule has 0 aliphatic rings. The molecule has 0 aromatic heterocycles. The number of ether oxygens (including phenoxy) is 3. The summed E-state index contributed by atoms with van der Waals surface area (Å²) in [5.41, 5.74) is 0. The van der Waals surface area contributed by atoms with Crippen molar-refractivity contribution in [2.24, 2.45) is 0 Å². The van der Waals surface area contributed by atoms with Gasteiger partial charge in [-0.25, -0.2) is 0 Å². The minimum Gasteiger partial charge on any atom is -0.462 e. The van der Waals surface area contributed by atoms with Crippen LogP contribution in [0.4, 0.5) is 0 Å². The van der Waals surface area contributed by atoms with E-state index in [1.54, 1.807) is 0 Å². The van der Waals surface area contributed by atoms with Crippen molar-refractivity contribution in [3.05, 3.63) is 97.2 Å². The fraction of sp³-hybridized carbons (Fsp3) is 0.743. The van der Waals surface area contributed by atoms with Gasteiger partial charge in [0, 0.05) is 19.3 Å². The summed E-state index contributed by atoms with van der Waals surface area (Å²) in [5.74, 6) is -0.866. The van der Waals surface area contributed by atoms with Crippen molar-refractivity contribution >= 4 is 17.9 Å². The lowest BCUT2D eigenvalue weighted by Gasteiger charge is -2.18. The van der Waals surface area contributed by atoms with E-state index in [-0.39, 0.29) is 31.1 Å². The van der Waals surface area contributed by atoms with Crippen LogP contribution in [0.15, 0.2) is 97.2 Å². The van der Waals surface area contributed by atoms with E-state index in [1.807, 2.05) is 0 Å². The van der Waals surface area contributed by atoms with Crippen molar-refractivity contribution in [3.63, 3.8) is 0 Å². The zero-order valence-corrected chi connectivity index (χ0v) is 52.8. The Balaban J connectivity index is 4.32. The molecule has 0 radical (unpaired) electrons. The Labute approximate surface area is 496 Å². The van der Waals surface area contributed by atoms with Gasteiger partial charge in [-0.2, -0.15) is 0 Å². The number of allylic oxidation sites excluding steroid dienone is 16. The van der Waals surface area contributed by atoms with Crippen LogP contribution >= 0.6 is 0 Å². The van der Waals surface area contributed by atoms with Gasteiger partial charge in [0.15, 0.2) is 6.10 Å². The average Bonchev–Trinajstić information content (AvgIpc) is 3.46. The highest BCUT2D eigenvalue weighted by Crippen LogP contribution is 2.17. The molecule has 0 aromatic rings. The van der Waals surface area contributed by atoms with Gasteiger partial charge in [0.05, 0.1) is 0 Å². The second kappa shape index (κ2) is 67.8. The molecular formula is C74H128O6. The number of carbonyl (C=O) groups is 3. The van der Waals surface area contributed by atoms with Crippen molar-refractivity contribution in [1.29, 1.82) is 0 Å². The van der Waals surface area contributed by atoms with E-state index < -0.39 is 6.10 Å². The number of hydrogen-bond donors (Lipinski definition) is 0. The van der Waals surface area contributed by atoms with Crippen LogP contribution in [0, 0.1) is 0 Å². The van der Waals surface area contributed by atoms with E-state index in [0.717, 1.165) is 109 Å². The van der Waals surface area contributed by atoms with Crippen molar-refractivity contribution in [1.82, 2.24) is 0 Å². The highest BCUT2D eigenvalue weighted by Gasteiger charge is 2.19. The summed E-state index contributed by atoms with van der Waals surface area (Å²) in [4.78, 5) is 38.4. The van der Waals surface area contributed by atoms with Crippen LogP contribution in [0.25, 0.3) is 0 Å². The first-order valence-electron chi connectivity index (χ1n) is 34.2. The van der Waals surface area contributed by atoms with Gasteiger partial charge in [0.2, 0.25) is 0 Å². The molecule has 0 aromatic carbocycles. The van der Waals surface area contributed by atoms with Crippen LogP contribution in [-0.2, 0) is 28.6 Å². The van der Waals surface area contributed by atoms with Gasteiger partial charge < -0.3 is 14.2 Å². The number of esters is 3. The molecule has 0 rings (SSSR count). The zero-order chi connectivity index (χ0) is 57.8. The molecule has 6 nitrogen and oxygen atoms in total. The maximum Gasteiger partial charge on any atom is 0.306 e. The topological polar surface area (TPSA) is 78.9 Å². The first-order chi connectivity index (χ1) is 39.5. The van der Waals surface area contributed by atoms with Crippen LogP contribution in [0.3, 0.4) is 0 Å². The first kappa shape index (κ1) is 76.3. The lowest BCUT2D eigenvalue weighted by atomic mass is 10.0. The van der Waals surface area contributed by atoms with E-state index in [9.17, 15) is 14.4 Å².